The van der Waals surface area contributed by atoms with Crippen LogP contribution in [0.2, 0.25) is 0 Å². The van der Waals surface area contributed by atoms with Gasteiger partial charge in [-0.1, -0.05) is 0 Å². The molecule has 0 spiro atoms. The summed E-state index contributed by atoms with van der Waals surface area (Å²) in [6.07, 6.45) is -0.164. The second kappa shape index (κ2) is 9.38. The van der Waals surface area contributed by atoms with Crippen molar-refractivity contribution in [1.82, 2.24) is 15.5 Å². The highest BCUT2D eigenvalue weighted by Crippen LogP contribution is 2.21. The summed E-state index contributed by atoms with van der Waals surface area (Å²) in [7, 11) is 0. The lowest BCUT2D eigenvalue weighted by Crippen LogP contribution is -2.55. The molecule has 0 aromatic carbocycles. The van der Waals surface area contributed by atoms with Crippen LogP contribution in [0.3, 0.4) is 0 Å². The Hall–Kier alpha value is -2.85. The number of nitrogens with zero attached hydrogens (tertiary/aromatic N) is 1. The highest BCUT2D eigenvalue weighted by atomic mass is 16.6. The van der Waals surface area contributed by atoms with Crippen LogP contribution in [0, 0.1) is 0 Å². The summed E-state index contributed by atoms with van der Waals surface area (Å²) in [6.45, 7) is 6.87. The first-order chi connectivity index (χ1) is 12.8. The molecule has 0 aromatic heterocycles. The van der Waals surface area contributed by atoms with Gasteiger partial charge >= 0.3 is 12.1 Å². The van der Waals surface area contributed by atoms with Crippen molar-refractivity contribution in [2.24, 2.45) is 5.73 Å². The van der Waals surface area contributed by atoms with Gasteiger partial charge in [-0.05, 0) is 40.5 Å². The highest BCUT2D eigenvalue weighted by Gasteiger charge is 2.37. The molecule has 5 N–H and O–H groups in total. The Morgan fingerprint density at radius 3 is 2.32 bits per heavy atom. The third-order valence-corrected chi connectivity index (χ3v) is 3.96. The molecule has 3 atom stereocenters. The van der Waals surface area contributed by atoms with Crippen molar-refractivity contribution >= 4 is 29.8 Å². The molecule has 0 radical (unpaired) electrons. The summed E-state index contributed by atoms with van der Waals surface area (Å²) in [5.41, 5.74) is 4.25. The normalized spacial score (nSPS) is 18.7. The SMILES string of the molecule is C[C@H](NC(=O)[C@@H]1CCCN1C(=O)OC(C)(C)C)C(=O)N[C@@H](CC(N)=O)C(=O)O. The molecule has 1 fully saturated rings. The van der Waals surface area contributed by atoms with Crippen LogP contribution in [0.5, 0.6) is 0 Å². The molecule has 1 aliphatic rings. The Morgan fingerprint density at radius 2 is 1.82 bits per heavy atom. The van der Waals surface area contributed by atoms with Crippen LogP contribution in [-0.4, -0.2) is 70.1 Å². The molecule has 0 unspecified atom stereocenters. The van der Waals surface area contributed by atoms with Crippen molar-refractivity contribution in [1.29, 1.82) is 0 Å². The molecule has 0 bridgehead atoms. The number of carboxylic acids is 1. The van der Waals surface area contributed by atoms with Gasteiger partial charge in [-0.15, -0.1) is 0 Å². The second-order valence-corrected chi connectivity index (χ2v) is 7.63. The molecule has 11 nitrogen and oxygen atoms in total. The largest absolute Gasteiger partial charge is 0.480 e. The number of nitrogens with two attached hydrogens (primary N) is 1. The van der Waals surface area contributed by atoms with E-state index in [-0.39, 0.29) is 0 Å². The molecule has 158 valence electrons. The fourth-order valence-electron chi connectivity index (χ4n) is 2.65. The Morgan fingerprint density at radius 1 is 1.21 bits per heavy atom. The lowest BCUT2D eigenvalue weighted by molar-refractivity contribution is -0.143. The second-order valence-electron chi connectivity index (χ2n) is 7.63. The molecule has 1 aliphatic heterocycles. The van der Waals surface area contributed by atoms with Gasteiger partial charge in [0.1, 0.15) is 23.7 Å². The fraction of sp³-hybridized carbons (Fsp3) is 0.706. The number of primary amides is 1. The van der Waals surface area contributed by atoms with Crippen LogP contribution in [0.15, 0.2) is 0 Å². The van der Waals surface area contributed by atoms with E-state index in [1.165, 1.54) is 11.8 Å². The van der Waals surface area contributed by atoms with Gasteiger partial charge in [-0.2, -0.15) is 0 Å². The predicted octanol–water partition coefficient (Wildman–Crippen LogP) is -0.665. The maximum Gasteiger partial charge on any atom is 0.410 e. The monoisotopic (exact) mass is 400 g/mol. The average Bonchev–Trinajstić information content (AvgIpc) is 3.01. The minimum atomic E-state index is -1.49. The zero-order chi connectivity index (χ0) is 21.6. The summed E-state index contributed by atoms with van der Waals surface area (Å²) in [6, 6.07) is -3.36. The number of rotatable bonds is 7. The van der Waals surface area contributed by atoms with E-state index in [0.717, 1.165) is 0 Å². The number of ether oxygens (including phenoxy) is 1. The third kappa shape index (κ3) is 7.05. The fourth-order valence-corrected chi connectivity index (χ4v) is 2.65. The van der Waals surface area contributed by atoms with E-state index >= 15 is 0 Å². The standard InChI is InChI=1S/C17H28N4O7/c1-9(13(23)20-10(15(25)26)8-12(18)22)19-14(24)11-6-5-7-21(11)16(27)28-17(2,3)4/h9-11H,5-8H2,1-4H3,(H2,18,22)(H,19,24)(H,20,23)(H,25,26)/t9-,10-,11-/m0/s1. The Kier molecular flexibility index (Phi) is 7.77. The van der Waals surface area contributed by atoms with Crippen LogP contribution < -0.4 is 16.4 Å². The van der Waals surface area contributed by atoms with Gasteiger partial charge in [0.25, 0.3) is 0 Å². The first-order valence-corrected chi connectivity index (χ1v) is 8.93. The number of carbonyl (C=O) groups is 5. The van der Waals surface area contributed by atoms with E-state index < -0.39 is 59.9 Å². The summed E-state index contributed by atoms with van der Waals surface area (Å²) < 4.78 is 5.29. The van der Waals surface area contributed by atoms with Crippen molar-refractivity contribution in [3.8, 4) is 0 Å². The molecule has 0 aliphatic carbocycles. The topological polar surface area (TPSA) is 168 Å². The van der Waals surface area contributed by atoms with Gasteiger partial charge in [0.15, 0.2) is 0 Å². The molecular weight excluding hydrogens is 372 g/mol. The first kappa shape index (κ1) is 23.2. The number of carbonyl (C=O) groups excluding carboxylic acids is 4. The summed E-state index contributed by atoms with van der Waals surface area (Å²) >= 11 is 0. The Bertz CT molecular complexity index is 644. The van der Waals surface area contributed by atoms with E-state index in [4.69, 9.17) is 15.6 Å². The lowest BCUT2D eigenvalue weighted by atomic mass is 10.1. The molecule has 0 saturated carbocycles. The molecule has 4 amide bonds. The molecule has 1 rings (SSSR count). The smallest absolute Gasteiger partial charge is 0.410 e. The van der Waals surface area contributed by atoms with Crippen LogP contribution in [0.1, 0.15) is 47.0 Å². The van der Waals surface area contributed by atoms with Gasteiger partial charge in [0.2, 0.25) is 17.7 Å². The number of carboxylic acid groups (broad SMARTS) is 1. The Labute approximate surface area is 162 Å². The van der Waals surface area contributed by atoms with E-state index in [9.17, 15) is 24.0 Å². The molecule has 11 heteroatoms. The van der Waals surface area contributed by atoms with E-state index in [2.05, 4.69) is 10.6 Å². The predicted molar refractivity (Wildman–Crippen MR) is 96.9 cm³/mol. The first-order valence-electron chi connectivity index (χ1n) is 8.93. The number of nitrogens with one attached hydrogen (secondary N) is 2. The van der Waals surface area contributed by atoms with Gasteiger partial charge < -0.3 is 26.2 Å². The van der Waals surface area contributed by atoms with Crippen molar-refractivity contribution in [3.63, 3.8) is 0 Å². The van der Waals surface area contributed by atoms with Crippen LogP contribution in [0.4, 0.5) is 4.79 Å². The number of aliphatic carboxylic acids is 1. The van der Waals surface area contributed by atoms with Gasteiger partial charge in [0.05, 0.1) is 6.42 Å². The molecule has 0 aromatic rings. The average molecular weight is 400 g/mol. The lowest BCUT2D eigenvalue weighted by Gasteiger charge is -2.28. The number of likely N-dealkylation sites (tertiary alicyclic amines) is 1. The van der Waals surface area contributed by atoms with Gasteiger partial charge in [0, 0.05) is 6.54 Å². The zero-order valence-corrected chi connectivity index (χ0v) is 16.5. The number of amides is 4. The highest BCUT2D eigenvalue weighted by molar-refractivity contribution is 5.93. The summed E-state index contributed by atoms with van der Waals surface area (Å²) in [4.78, 5) is 60.2. The van der Waals surface area contributed by atoms with E-state index in [1.54, 1.807) is 20.8 Å². The molecular formula is C17H28N4O7. The van der Waals surface area contributed by atoms with Crippen molar-refractivity contribution in [2.75, 3.05) is 6.54 Å². The summed E-state index contributed by atoms with van der Waals surface area (Å²) in [5, 5.41) is 13.6. The third-order valence-electron chi connectivity index (χ3n) is 3.96. The quantitative estimate of drug-likeness (QED) is 0.439. The van der Waals surface area contributed by atoms with Crippen molar-refractivity contribution in [2.45, 2.75) is 70.7 Å². The molecule has 1 heterocycles. The number of hydrogen-bond donors (Lipinski definition) is 4. The maximum atomic E-state index is 12.5. The van der Waals surface area contributed by atoms with Gasteiger partial charge in [-0.25, -0.2) is 9.59 Å². The maximum absolute atomic E-state index is 12.5. The number of hydrogen-bond acceptors (Lipinski definition) is 6. The minimum absolute atomic E-state index is 0.354. The Balaban J connectivity index is 2.69. The minimum Gasteiger partial charge on any atom is -0.480 e. The van der Waals surface area contributed by atoms with Gasteiger partial charge in [-0.3, -0.25) is 19.3 Å². The van der Waals surface area contributed by atoms with Crippen LogP contribution in [-0.2, 0) is 23.9 Å². The molecule has 28 heavy (non-hydrogen) atoms. The summed E-state index contributed by atoms with van der Waals surface area (Å²) in [5.74, 6) is -3.64. The van der Waals surface area contributed by atoms with Crippen molar-refractivity contribution < 1.29 is 33.8 Å². The van der Waals surface area contributed by atoms with E-state index in [0.29, 0.717) is 19.4 Å². The van der Waals surface area contributed by atoms with Crippen LogP contribution >= 0.6 is 0 Å². The zero-order valence-electron chi connectivity index (χ0n) is 16.5. The molecule has 1 saturated heterocycles. The van der Waals surface area contributed by atoms with E-state index in [1.807, 2.05) is 0 Å². The van der Waals surface area contributed by atoms with Crippen LogP contribution in [0.25, 0.3) is 0 Å². The van der Waals surface area contributed by atoms with Crippen molar-refractivity contribution in [3.05, 3.63) is 0 Å².